The number of nitrogens with one attached hydrogen (secondary N) is 3. The number of carbonyl (C=O) groups is 2. The van der Waals surface area contributed by atoms with Gasteiger partial charge in [0.1, 0.15) is 17.9 Å². The summed E-state index contributed by atoms with van der Waals surface area (Å²) in [6.45, 7) is 5.28. The summed E-state index contributed by atoms with van der Waals surface area (Å²) in [7, 11) is 0. The van der Waals surface area contributed by atoms with Crippen molar-refractivity contribution < 1.29 is 19.1 Å². The second-order valence-corrected chi connectivity index (χ2v) is 7.32. The summed E-state index contributed by atoms with van der Waals surface area (Å²) in [6.07, 6.45) is 0.468. The third kappa shape index (κ3) is 6.14. The van der Waals surface area contributed by atoms with E-state index in [2.05, 4.69) is 31.8 Å². The number of hydrogen-bond donors (Lipinski definition) is 3. The fraction of sp³-hybridized carbons (Fsp3) is 0.278. The van der Waals surface area contributed by atoms with Crippen molar-refractivity contribution in [3.8, 4) is 5.75 Å². The number of hydrogen-bond acceptors (Lipinski definition) is 5. The first-order chi connectivity index (χ1) is 12.7. The van der Waals surface area contributed by atoms with Gasteiger partial charge < -0.3 is 14.5 Å². The lowest BCUT2D eigenvalue weighted by atomic mass is 10.2. The number of amides is 2. The highest BCUT2D eigenvalue weighted by molar-refractivity contribution is 9.10. The van der Waals surface area contributed by atoms with Gasteiger partial charge in [-0.3, -0.25) is 15.0 Å². The van der Waals surface area contributed by atoms with Crippen LogP contribution in [-0.4, -0.2) is 22.6 Å². The van der Waals surface area contributed by atoms with Crippen molar-refractivity contribution >= 4 is 27.9 Å². The van der Waals surface area contributed by atoms with Gasteiger partial charge in [-0.25, -0.2) is 10.2 Å². The Morgan fingerprint density at radius 1 is 1.15 bits per heavy atom. The zero-order valence-corrected chi connectivity index (χ0v) is 16.7. The van der Waals surface area contributed by atoms with Crippen LogP contribution in [0.2, 0.25) is 0 Å². The molecule has 0 aliphatic rings. The molecular formula is C18H20BrN3O5. The molecule has 1 heterocycles. The van der Waals surface area contributed by atoms with Gasteiger partial charge in [-0.2, -0.15) is 0 Å². The molecule has 1 aromatic carbocycles. The van der Waals surface area contributed by atoms with Gasteiger partial charge in [0, 0.05) is 6.20 Å². The minimum absolute atomic E-state index is 0.0171. The third-order valence-corrected chi connectivity index (χ3v) is 3.89. The van der Waals surface area contributed by atoms with E-state index in [0.29, 0.717) is 0 Å². The number of hydrazine groups is 1. The van der Waals surface area contributed by atoms with E-state index in [-0.39, 0.29) is 22.5 Å². The van der Waals surface area contributed by atoms with Crippen LogP contribution in [0.1, 0.15) is 36.8 Å². The predicted molar refractivity (Wildman–Crippen MR) is 102 cm³/mol. The topological polar surface area (TPSA) is 110 Å². The molecule has 0 atom stereocenters. The molecule has 0 fully saturated rings. The molecule has 0 saturated carbocycles. The van der Waals surface area contributed by atoms with Gasteiger partial charge in [-0.15, -0.1) is 0 Å². The predicted octanol–water partition coefficient (Wildman–Crippen LogP) is 2.89. The van der Waals surface area contributed by atoms with Crippen LogP contribution in [-0.2, 0) is 11.3 Å². The number of pyridine rings is 1. The normalized spacial score (nSPS) is 10.8. The Bertz CT molecular complexity index is 875. The summed E-state index contributed by atoms with van der Waals surface area (Å²) >= 11 is 3.09. The molecule has 2 amide bonds. The third-order valence-electron chi connectivity index (χ3n) is 3.13. The van der Waals surface area contributed by atoms with Crippen LogP contribution in [0.5, 0.6) is 5.75 Å². The Morgan fingerprint density at radius 3 is 2.44 bits per heavy atom. The van der Waals surface area contributed by atoms with Crippen LogP contribution >= 0.6 is 15.9 Å². The van der Waals surface area contributed by atoms with Crippen molar-refractivity contribution in [2.24, 2.45) is 0 Å². The monoisotopic (exact) mass is 437 g/mol. The van der Waals surface area contributed by atoms with Crippen LogP contribution in [0.25, 0.3) is 0 Å². The molecule has 0 aliphatic carbocycles. The molecule has 9 heteroatoms. The Balaban J connectivity index is 2.02. The summed E-state index contributed by atoms with van der Waals surface area (Å²) in [5.41, 5.74) is 3.91. The van der Waals surface area contributed by atoms with Gasteiger partial charge in [0.2, 0.25) is 5.43 Å². The quantitative estimate of drug-likeness (QED) is 0.636. The maximum atomic E-state index is 12.4. The van der Waals surface area contributed by atoms with Gasteiger partial charge in [0.05, 0.1) is 4.47 Å². The molecule has 144 valence electrons. The van der Waals surface area contributed by atoms with Crippen molar-refractivity contribution in [2.45, 2.75) is 33.0 Å². The first-order valence-corrected chi connectivity index (χ1v) is 8.84. The zero-order valence-electron chi connectivity index (χ0n) is 15.1. The van der Waals surface area contributed by atoms with E-state index >= 15 is 0 Å². The van der Waals surface area contributed by atoms with Gasteiger partial charge >= 0.3 is 6.09 Å². The number of H-pyrrole nitrogens is 1. The van der Waals surface area contributed by atoms with E-state index in [4.69, 9.17) is 9.47 Å². The maximum Gasteiger partial charge on any atom is 0.426 e. The first-order valence-electron chi connectivity index (χ1n) is 8.04. The van der Waals surface area contributed by atoms with E-state index in [1.807, 2.05) is 30.3 Å². The average molecular weight is 438 g/mol. The SMILES string of the molecule is CC(C)(C)OC(=O)NNC(=O)c1[nH]cc(OCc2ccccc2)c(=O)c1Br. The zero-order chi connectivity index (χ0) is 20.0. The molecule has 0 aliphatic heterocycles. The first kappa shape index (κ1) is 20.5. The van der Waals surface area contributed by atoms with Gasteiger partial charge in [0.15, 0.2) is 5.75 Å². The summed E-state index contributed by atoms with van der Waals surface area (Å²) < 4.78 is 10.5. The number of aromatic nitrogens is 1. The van der Waals surface area contributed by atoms with Crippen molar-refractivity contribution in [3.63, 3.8) is 0 Å². The van der Waals surface area contributed by atoms with Crippen LogP contribution in [0, 0.1) is 0 Å². The van der Waals surface area contributed by atoms with Gasteiger partial charge in [-0.05, 0) is 42.3 Å². The standard InChI is InChI=1S/C18H20BrN3O5/c1-18(2,3)27-17(25)22-21-16(24)14-13(19)15(23)12(9-20-14)26-10-11-7-5-4-6-8-11/h4-9H,10H2,1-3H3,(H,20,23)(H,21,24)(H,22,25). The highest BCUT2D eigenvalue weighted by Crippen LogP contribution is 2.15. The lowest BCUT2D eigenvalue weighted by molar-refractivity contribution is 0.0483. The summed E-state index contributed by atoms with van der Waals surface area (Å²) in [4.78, 5) is 38.8. The Labute approximate surface area is 164 Å². The van der Waals surface area contributed by atoms with E-state index < -0.39 is 23.0 Å². The van der Waals surface area contributed by atoms with E-state index in [9.17, 15) is 14.4 Å². The molecule has 27 heavy (non-hydrogen) atoms. The van der Waals surface area contributed by atoms with Crippen molar-refractivity contribution in [1.29, 1.82) is 0 Å². The molecule has 0 radical (unpaired) electrons. The van der Waals surface area contributed by atoms with Crippen molar-refractivity contribution in [2.75, 3.05) is 0 Å². The van der Waals surface area contributed by atoms with Crippen LogP contribution in [0.3, 0.4) is 0 Å². The van der Waals surface area contributed by atoms with Crippen LogP contribution < -0.4 is 21.0 Å². The molecule has 2 aromatic rings. The second kappa shape index (κ2) is 8.72. The molecule has 0 spiro atoms. The fourth-order valence-electron chi connectivity index (χ4n) is 1.97. The molecule has 0 unspecified atom stereocenters. The number of benzene rings is 1. The Morgan fingerprint density at radius 2 is 1.81 bits per heavy atom. The summed E-state index contributed by atoms with van der Waals surface area (Å²) in [6, 6.07) is 9.35. The highest BCUT2D eigenvalue weighted by Gasteiger charge is 2.19. The summed E-state index contributed by atoms with van der Waals surface area (Å²) in [5.74, 6) is -0.665. The maximum absolute atomic E-state index is 12.4. The molecular weight excluding hydrogens is 418 g/mol. The van der Waals surface area contributed by atoms with Crippen molar-refractivity contribution in [1.82, 2.24) is 15.8 Å². The van der Waals surface area contributed by atoms with E-state index in [1.165, 1.54) is 6.20 Å². The molecule has 2 rings (SSSR count). The fourth-order valence-corrected chi connectivity index (χ4v) is 2.46. The van der Waals surface area contributed by atoms with E-state index in [1.54, 1.807) is 20.8 Å². The molecule has 0 bridgehead atoms. The minimum Gasteiger partial charge on any atom is -0.483 e. The Hall–Kier alpha value is -2.81. The minimum atomic E-state index is -0.822. The molecule has 0 saturated heterocycles. The van der Waals surface area contributed by atoms with Crippen LogP contribution in [0.4, 0.5) is 4.79 Å². The highest BCUT2D eigenvalue weighted by atomic mass is 79.9. The number of halogens is 1. The molecule has 3 N–H and O–H groups in total. The number of rotatable bonds is 4. The lowest BCUT2D eigenvalue weighted by Gasteiger charge is -2.19. The van der Waals surface area contributed by atoms with Crippen molar-refractivity contribution in [3.05, 3.63) is 62.5 Å². The van der Waals surface area contributed by atoms with Crippen LogP contribution in [0.15, 0.2) is 45.8 Å². The van der Waals surface area contributed by atoms with E-state index in [0.717, 1.165) is 5.56 Å². The number of aromatic amines is 1. The largest absolute Gasteiger partial charge is 0.483 e. The molecule has 8 nitrogen and oxygen atoms in total. The molecule has 1 aromatic heterocycles. The smallest absolute Gasteiger partial charge is 0.426 e. The Kier molecular flexibility index (Phi) is 6.62. The number of carbonyl (C=O) groups excluding carboxylic acids is 2. The van der Waals surface area contributed by atoms with Gasteiger partial charge in [-0.1, -0.05) is 30.3 Å². The number of ether oxygens (including phenoxy) is 2. The second-order valence-electron chi connectivity index (χ2n) is 6.53. The average Bonchev–Trinajstić information content (AvgIpc) is 2.60. The lowest BCUT2D eigenvalue weighted by Crippen LogP contribution is -2.44. The summed E-state index contributed by atoms with van der Waals surface area (Å²) in [5, 5.41) is 0. The van der Waals surface area contributed by atoms with Gasteiger partial charge in [0.25, 0.3) is 5.91 Å².